The number of carbonyl (C=O) groups excluding carboxylic acids is 2. The summed E-state index contributed by atoms with van der Waals surface area (Å²) in [5.74, 6) is -0.650. The fourth-order valence-electron chi connectivity index (χ4n) is 3.17. The predicted molar refractivity (Wildman–Crippen MR) is 125 cm³/mol. The number of nitrogens with one attached hydrogen (secondary N) is 1. The molecule has 8 heteroatoms. The zero-order chi connectivity index (χ0) is 23.3. The van der Waals surface area contributed by atoms with Gasteiger partial charge in [0.1, 0.15) is 0 Å². The van der Waals surface area contributed by atoms with Crippen LogP contribution in [0.1, 0.15) is 28.4 Å². The van der Waals surface area contributed by atoms with Crippen LogP contribution in [0, 0.1) is 6.92 Å². The molecule has 3 aromatic carbocycles. The molecule has 0 saturated heterocycles. The molecule has 3 aromatic rings. The molecule has 0 radical (unpaired) electrons. The van der Waals surface area contributed by atoms with Gasteiger partial charge >= 0.3 is 0 Å². The van der Waals surface area contributed by atoms with Gasteiger partial charge in [0.25, 0.3) is 0 Å². The highest BCUT2D eigenvalue weighted by atomic mass is 35.5. The van der Waals surface area contributed by atoms with E-state index in [0.29, 0.717) is 16.3 Å². The molecule has 0 aliphatic rings. The van der Waals surface area contributed by atoms with Crippen molar-refractivity contribution < 1.29 is 18.0 Å². The summed E-state index contributed by atoms with van der Waals surface area (Å²) in [5.41, 5.74) is 2.61. The van der Waals surface area contributed by atoms with Gasteiger partial charge in [0.05, 0.1) is 11.4 Å². The van der Waals surface area contributed by atoms with Crippen molar-refractivity contribution in [3.8, 4) is 0 Å². The van der Waals surface area contributed by atoms with E-state index in [1.165, 1.54) is 31.2 Å². The Bertz CT molecular complexity index is 1240. The number of ketones is 1. The van der Waals surface area contributed by atoms with E-state index in [4.69, 9.17) is 11.6 Å². The topological polar surface area (TPSA) is 83.6 Å². The van der Waals surface area contributed by atoms with Gasteiger partial charge in [-0.1, -0.05) is 53.6 Å². The molecule has 1 N–H and O–H groups in total. The summed E-state index contributed by atoms with van der Waals surface area (Å²) in [6, 6.07) is 19.7. The molecule has 166 valence electrons. The molecular formula is C24H23ClN2O4S. The first-order valence-electron chi connectivity index (χ1n) is 9.87. The number of hydrogen-bond acceptors (Lipinski definition) is 4. The number of carbonyl (C=O) groups is 2. The van der Waals surface area contributed by atoms with Crippen LogP contribution in [-0.2, 0) is 21.4 Å². The van der Waals surface area contributed by atoms with E-state index in [0.717, 1.165) is 15.4 Å². The van der Waals surface area contributed by atoms with Gasteiger partial charge in [-0.25, -0.2) is 8.42 Å². The van der Waals surface area contributed by atoms with Crippen LogP contribution in [0.15, 0.2) is 77.7 Å². The lowest BCUT2D eigenvalue weighted by molar-refractivity contribution is -0.116. The highest BCUT2D eigenvalue weighted by Gasteiger charge is 2.27. The van der Waals surface area contributed by atoms with Crippen molar-refractivity contribution in [1.82, 2.24) is 4.31 Å². The molecule has 0 aliphatic heterocycles. The van der Waals surface area contributed by atoms with Crippen molar-refractivity contribution >= 4 is 39.0 Å². The molecular weight excluding hydrogens is 448 g/mol. The summed E-state index contributed by atoms with van der Waals surface area (Å²) in [4.78, 5) is 24.4. The summed E-state index contributed by atoms with van der Waals surface area (Å²) < 4.78 is 27.8. The fraction of sp³-hybridized carbons (Fsp3) is 0.167. The van der Waals surface area contributed by atoms with Crippen LogP contribution >= 0.6 is 11.6 Å². The van der Waals surface area contributed by atoms with Gasteiger partial charge in [0, 0.05) is 22.8 Å². The standard InChI is InChI=1S/C24H23ClN2O4S/c1-17-5-3-6-19(13-17)15-27(32(30,31)23-11-9-21(25)10-12-23)16-24(29)26-22-8-4-7-20(14-22)18(2)28/h3-14H,15-16H2,1-2H3,(H,26,29). The molecule has 0 aromatic heterocycles. The van der Waals surface area contributed by atoms with E-state index in [-0.39, 0.29) is 17.2 Å². The molecule has 0 heterocycles. The molecule has 0 atom stereocenters. The summed E-state index contributed by atoms with van der Waals surface area (Å²) in [6.07, 6.45) is 0. The maximum atomic E-state index is 13.3. The van der Waals surface area contributed by atoms with Crippen LogP contribution in [0.4, 0.5) is 5.69 Å². The second-order valence-corrected chi connectivity index (χ2v) is 9.78. The maximum absolute atomic E-state index is 13.3. The third kappa shape index (κ3) is 6.03. The van der Waals surface area contributed by atoms with Gasteiger partial charge in [-0.05, 0) is 55.8 Å². The van der Waals surface area contributed by atoms with Gasteiger partial charge in [-0.3, -0.25) is 9.59 Å². The Morgan fingerprint density at radius 1 is 0.969 bits per heavy atom. The number of anilines is 1. The van der Waals surface area contributed by atoms with Gasteiger partial charge in [-0.15, -0.1) is 0 Å². The van der Waals surface area contributed by atoms with E-state index in [1.807, 2.05) is 31.2 Å². The van der Waals surface area contributed by atoms with Crippen LogP contribution in [0.25, 0.3) is 0 Å². The van der Waals surface area contributed by atoms with E-state index in [9.17, 15) is 18.0 Å². The van der Waals surface area contributed by atoms with E-state index in [2.05, 4.69) is 5.32 Å². The van der Waals surface area contributed by atoms with Crippen molar-refractivity contribution in [1.29, 1.82) is 0 Å². The van der Waals surface area contributed by atoms with E-state index < -0.39 is 22.5 Å². The second-order valence-electron chi connectivity index (χ2n) is 7.40. The molecule has 0 saturated carbocycles. The number of halogens is 1. The quantitative estimate of drug-likeness (QED) is 0.484. The van der Waals surface area contributed by atoms with E-state index in [1.54, 1.807) is 24.3 Å². The van der Waals surface area contributed by atoms with Crippen LogP contribution in [-0.4, -0.2) is 31.0 Å². The number of benzene rings is 3. The van der Waals surface area contributed by atoms with E-state index >= 15 is 0 Å². The lowest BCUT2D eigenvalue weighted by Crippen LogP contribution is -2.37. The lowest BCUT2D eigenvalue weighted by atomic mass is 10.1. The molecule has 0 unspecified atom stereocenters. The number of nitrogens with zero attached hydrogens (tertiary/aromatic N) is 1. The van der Waals surface area contributed by atoms with Crippen molar-refractivity contribution in [2.24, 2.45) is 0 Å². The minimum absolute atomic E-state index is 0.0214. The number of sulfonamides is 1. The average Bonchev–Trinajstić information content (AvgIpc) is 2.74. The Kier molecular flexibility index (Phi) is 7.45. The van der Waals surface area contributed by atoms with Crippen LogP contribution in [0.3, 0.4) is 0 Å². The number of rotatable bonds is 8. The summed E-state index contributed by atoms with van der Waals surface area (Å²) in [7, 11) is -3.98. The van der Waals surface area contributed by atoms with Crippen LogP contribution in [0.5, 0.6) is 0 Å². The molecule has 0 spiro atoms. The Morgan fingerprint density at radius 2 is 1.66 bits per heavy atom. The number of amides is 1. The minimum atomic E-state index is -3.98. The summed E-state index contributed by atoms with van der Waals surface area (Å²) >= 11 is 5.90. The highest BCUT2D eigenvalue weighted by Crippen LogP contribution is 2.21. The smallest absolute Gasteiger partial charge is 0.243 e. The largest absolute Gasteiger partial charge is 0.325 e. The Hall–Kier alpha value is -3.00. The maximum Gasteiger partial charge on any atom is 0.243 e. The number of hydrogen-bond donors (Lipinski definition) is 1. The Balaban J connectivity index is 1.88. The van der Waals surface area contributed by atoms with Crippen molar-refractivity contribution in [3.63, 3.8) is 0 Å². The minimum Gasteiger partial charge on any atom is -0.325 e. The van der Waals surface area contributed by atoms with Crippen molar-refractivity contribution in [3.05, 3.63) is 94.5 Å². The zero-order valence-corrected chi connectivity index (χ0v) is 19.3. The number of aryl methyl sites for hydroxylation is 1. The zero-order valence-electron chi connectivity index (χ0n) is 17.7. The molecule has 0 bridgehead atoms. The molecule has 3 rings (SSSR count). The normalized spacial score (nSPS) is 11.4. The SMILES string of the molecule is CC(=O)c1cccc(NC(=O)CN(Cc2cccc(C)c2)S(=O)(=O)c2ccc(Cl)cc2)c1. The van der Waals surface area contributed by atoms with Crippen molar-refractivity contribution in [2.45, 2.75) is 25.3 Å². The van der Waals surface area contributed by atoms with Crippen molar-refractivity contribution in [2.75, 3.05) is 11.9 Å². The Labute approximate surface area is 192 Å². The van der Waals surface area contributed by atoms with Gasteiger partial charge in [0.15, 0.2) is 5.78 Å². The fourth-order valence-corrected chi connectivity index (χ4v) is 4.68. The van der Waals surface area contributed by atoms with Crippen LogP contribution < -0.4 is 5.32 Å². The molecule has 0 aliphatic carbocycles. The first-order valence-corrected chi connectivity index (χ1v) is 11.7. The second kappa shape index (κ2) is 10.1. The highest BCUT2D eigenvalue weighted by molar-refractivity contribution is 7.89. The van der Waals surface area contributed by atoms with Gasteiger partial charge in [-0.2, -0.15) is 4.31 Å². The monoisotopic (exact) mass is 470 g/mol. The van der Waals surface area contributed by atoms with Gasteiger partial charge in [0.2, 0.25) is 15.9 Å². The van der Waals surface area contributed by atoms with Crippen LogP contribution in [0.2, 0.25) is 5.02 Å². The molecule has 0 fully saturated rings. The third-order valence-corrected chi connectivity index (χ3v) is 6.82. The van der Waals surface area contributed by atoms with Gasteiger partial charge < -0.3 is 5.32 Å². The first kappa shape index (κ1) is 23.7. The Morgan fingerprint density at radius 3 is 2.31 bits per heavy atom. The molecule has 32 heavy (non-hydrogen) atoms. The average molecular weight is 471 g/mol. The summed E-state index contributed by atoms with van der Waals surface area (Å²) in [6.45, 7) is 2.97. The third-order valence-electron chi connectivity index (χ3n) is 4.77. The first-order chi connectivity index (χ1) is 15.1. The lowest BCUT2D eigenvalue weighted by Gasteiger charge is -2.22. The molecule has 1 amide bonds. The summed E-state index contributed by atoms with van der Waals surface area (Å²) in [5, 5.41) is 3.09. The number of Topliss-reactive ketones (excluding diaryl/α,β-unsaturated/α-hetero) is 1. The molecule has 6 nitrogen and oxygen atoms in total. The predicted octanol–water partition coefficient (Wildman–Crippen LogP) is 4.68.